The van der Waals surface area contributed by atoms with Gasteiger partial charge in [0.15, 0.2) is 0 Å². The third kappa shape index (κ3) is 3.42. The van der Waals surface area contributed by atoms with E-state index in [9.17, 15) is 14.7 Å². The van der Waals surface area contributed by atoms with E-state index in [1.54, 1.807) is 23.2 Å². The summed E-state index contributed by atoms with van der Waals surface area (Å²) in [5.74, 6) is -0.122. The van der Waals surface area contributed by atoms with Gasteiger partial charge in [0.1, 0.15) is 11.5 Å². The SMILES string of the molecule is Nc1cc2cc(C(=O)NCC(=O)N3CCC(O)CC3)[nH]c2cn1. The maximum atomic E-state index is 12.1. The molecule has 5 N–H and O–H groups in total. The zero-order chi connectivity index (χ0) is 16.4. The molecule has 0 aromatic carbocycles. The molecular weight excluding hydrogens is 298 g/mol. The van der Waals surface area contributed by atoms with Crippen LogP contribution in [0, 0.1) is 0 Å². The molecular formula is C15H19N5O3. The molecule has 0 radical (unpaired) electrons. The Balaban J connectivity index is 1.58. The second-order valence-corrected chi connectivity index (χ2v) is 5.67. The predicted molar refractivity (Wildman–Crippen MR) is 84.7 cm³/mol. The first kappa shape index (κ1) is 15.3. The van der Waals surface area contributed by atoms with Crippen molar-refractivity contribution >= 4 is 28.5 Å². The fourth-order valence-electron chi connectivity index (χ4n) is 2.65. The highest BCUT2D eigenvalue weighted by Crippen LogP contribution is 2.16. The van der Waals surface area contributed by atoms with E-state index in [-0.39, 0.29) is 24.5 Å². The highest BCUT2D eigenvalue weighted by molar-refractivity contribution is 5.99. The summed E-state index contributed by atoms with van der Waals surface area (Å²) in [6, 6.07) is 3.34. The van der Waals surface area contributed by atoms with Gasteiger partial charge in [0.2, 0.25) is 5.91 Å². The van der Waals surface area contributed by atoms with Crippen LogP contribution < -0.4 is 11.1 Å². The number of anilines is 1. The zero-order valence-electron chi connectivity index (χ0n) is 12.6. The van der Waals surface area contributed by atoms with E-state index in [0.717, 1.165) is 5.39 Å². The minimum absolute atomic E-state index is 0.0648. The number of nitrogens with zero attached hydrogens (tertiary/aromatic N) is 2. The second-order valence-electron chi connectivity index (χ2n) is 5.67. The number of nitrogens with two attached hydrogens (primary N) is 1. The summed E-state index contributed by atoms with van der Waals surface area (Å²) in [7, 11) is 0. The van der Waals surface area contributed by atoms with Crippen molar-refractivity contribution < 1.29 is 14.7 Å². The normalized spacial score (nSPS) is 15.8. The van der Waals surface area contributed by atoms with Crippen molar-refractivity contribution in [1.29, 1.82) is 0 Å². The number of aliphatic hydroxyl groups is 1. The van der Waals surface area contributed by atoms with Crippen LogP contribution in [-0.4, -0.2) is 57.5 Å². The molecule has 122 valence electrons. The molecule has 8 heteroatoms. The van der Waals surface area contributed by atoms with E-state index in [0.29, 0.717) is 43.0 Å². The van der Waals surface area contributed by atoms with E-state index in [2.05, 4.69) is 15.3 Å². The van der Waals surface area contributed by atoms with Crippen LogP contribution in [0.5, 0.6) is 0 Å². The van der Waals surface area contributed by atoms with Gasteiger partial charge in [-0.2, -0.15) is 0 Å². The van der Waals surface area contributed by atoms with Crippen LogP contribution in [-0.2, 0) is 4.79 Å². The van der Waals surface area contributed by atoms with Gasteiger partial charge >= 0.3 is 0 Å². The van der Waals surface area contributed by atoms with Crippen LogP contribution in [0.4, 0.5) is 5.82 Å². The van der Waals surface area contributed by atoms with E-state index in [4.69, 9.17) is 5.73 Å². The van der Waals surface area contributed by atoms with E-state index >= 15 is 0 Å². The average molecular weight is 317 g/mol. The lowest BCUT2D eigenvalue weighted by atomic mass is 10.1. The molecule has 3 heterocycles. The Hall–Kier alpha value is -2.61. The lowest BCUT2D eigenvalue weighted by Gasteiger charge is -2.29. The molecule has 23 heavy (non-hydrogen) atoms. The smallest absolute Gasteiger partial charge is 0.268 e. The first-order chi connectivity index (χ1) is 11.0. The number of fused-ring (bicyclic) bond motifs is 1. The highest BCUT2D eigenvalue weighted by atomic mass is 16.3. The number of rotatable bonds is 3. The molecule has 0 aliphatic carbocycles. The Morgan fingerprint density at radius 2 is 2.13 bits per heavy atom. The van der Waals surface area contributed by atoms with Gasteiger partial charge < -0.3 is 26.0 Å². The van der Waals surface area contributed by atoms with Crippen molar-refractivity contribution in [3.63, 3.8) is 0 Å². The molecule has 3 rings (SSSR count). The molecule has 1 saturated heterocycles. The van der Waals surface area contributed by atoms with Gasteiger partial charge in [0.05, 0.1) is 24.4 Å². The summed E-state index contributed by atoms with van der Waals surface area (Å²) in [6.07, 6.45) is 2.39. The highest BCUT2D eigenvalue weighted by Gasteiger charge is 2.21. The summed E-state index contributed by atoms with van der Waals surface area (Å²) in [6.45, 7) is 0.977. The molecule has 2 aromatic rings. The van der Waals surface area contributed by atoms with E-state index in [1.165, 1.54) is 0 Å². The molecule has 0 spiro atoms. The molecule has 2 amide bonds. The molecule has 1 aliphatic heterocycles. The second kappa shape index (κ2) is 6.25. The minimum Gasteiger partial charge on any atom is -0.393 e. The van der Waals surface area contributed by atoms with Crippen LogP contribution in [0.25, 0.3) is 10.9 Å². The fraction of sp³-hybridized carbons (Fsp3) is 0.400. The molecule has 1 aliphatic rings. The van der Waals surface area contributed by atoms with Crippen LogP contribution in [0.3, 0.4) is 0 Å². The molecule has 0 atom stereocenters. The summed E-state index contributed by atoms with van der Waals surface area (Å²) in [5.41, 5.74) is 6.67. The number of piperidine rings is 1. The lowest BCUT2D eigenvalue weighted by Crippen LogP contribution is -2.45. The number of aromatic amines is 1. The number of nitrogens with one attached hydrogen (secondary N) is 2. The monoisotopic (exact) mass is 317 g/mol. The third-order valence-electron chi connectivity index (χ3n) is 3.99. The fourth-order valence-corrected chi connectivity index (χ4v) is 2.65. The van der Waals surface area contributed by atoms with Gasteiger partial charge in [-0.1, -0.05) is 0 Å². The van der Waals surface area contributed by atoms with Gasteiger partial charge in [0.25, 0.3) is 5.91 Å². The number of hydrogen-bond donors (Lipinski definition) is 4. The molecule has 1 fully saturated rings. The van der Waals surface area contributed by atoms with Crippen molar-refractivity contribution in [1.82, 2.24) is 20.2 Å². The topological polar surface area (TPSA) is 124 Å². The van der Waals surface area contributed by atoms with Crippen molar-refractivity contribution in [3.8, 4) is 0 Å². The molecule has 0 bridgehead atoms. The number of likely N-dealkylation sites (tertiary alicyclic amines) is 1. The minimum atomic E-state index is -0.356. The quantitative estimate of drug-likeness (QED) is 0.627. The molecule has 0 unspecified atom stereocenters. The number of amides is 2. The third-order valence-corrected chi connectivity index (χ3v) is 3.99. The van der Waals surface area contributed by atoms with Gasteiger partial charge in [-0.25, -0.2) is 4.98 Å². The average Bonchev–Trinajstić information content (AvgIpc) is 2.96. The largest absolute Gasteiger partial charge is 0.393 e. The number of nitrogen functional groups attached to an aromatic ring is 1. The van der Waals surface area contributed by atoms with Crippen LogP contribution in [0.15, 0.2) is 18.3 Å². The predicted octanol–water partition coefficient (Wildman–Crippen LogP) is -0.142. The summed E-state index contributed by atoms with van der Waals surface area (Å²) in [4.78, 5) is 32.7. The van der Waals surface area contributed by atoms with Crippen molar-refractivity contribution in [2.75, 3.05) is 25.4 Å². The van der Waals surface area contributed by atoms with Gasteiger partial charge in [-0.15, -0.1) is 0 Å². The number of carbonyl (C=O) groups excluding carboxylic acids is 2. The Morgan fingerprint density at radius 3 is 2.87 bits per heavy atom. The van der Waals surface area contributed by atoms with Gasteiger partial charge in [-0.05, 0) is 25.0 Å². The molecule has 8 nitrogen and oxygen atoms in total. The zero-order valence-corrected chi connectivity index (χ0v) is 12.6. The number of aliphatic hydroxyl groups excluding tert-OH is 1. The number of pyridine rings is 1. The summed E-state index contributed by atoms with van der Waals surface area (Å²) >= 11 is 0. The number of aromatic nitrogens is 2. The van der Waals surface area contributed by atoms with Gasteiger partial charge in [0, 0.05) is 18.5 Å². The van der Waals surface area contributed by atoms with Crippen molar-refractivity contribution in [2.24, 2.45) is 0 Å². The Kier molecular flexibility index (Phi) is 4.16. The van der Waals surface area contributed by atoms with Crippen molar-refractivity contribution in [2.45, 2.75) is 18.9 Å². The summed E-state index contributed by atoms with van der Waals surface area (Å²) < 4.78 is 0. The summed E-state index contributed by atoms with van der Waals surface area (Å²) in [5, 5.41) is 12.8. The Bertz CT molecular complexity index is 734. The number of carbonyl (C=O) groups is 2. The molecule has 2 aromatic heterocycles. The van der Waals surface area contributed by atoms with Crippen LogP contribution in [0.2, 0.25) is 0 Å². The number of H-pyrrole nitrogens is 1. The first-order valence-electron chi connectivity index (χ1n) is 7.51. The maximum Gasteiger partial charge on any atom is 0.268 e. The van der Waals surface area contributed by atoms with Crippen LogP contribution >= 0.6 is 0 Å². The Morgan fingerprint density at radius 1 is 1.39 bits per heavy atom. The van der Waals surface area contributed by atoms with Gasteiger partial charge in [-0.3, -0.25) is 9.59 Å². The Labute approximate surface area is 132 Å². The lowest BCUT2D eigenvalue weighted by molar-refractivity contribution is -0.132. The van der Waals surface area contributed by atoms with E-state index in [1.807, 2.05) is 0 Å². The standard InChI is InChI=1S/C15H19N5O3/c16-13-6-9-5-11(19-12(9)7-17-13)15(23)18-8-14(22)20-3-1-10(21)2-4-20/h5-7,10,19,21H,1-4,8H2,(H2,16,17)(H,18,23). The molecule has 0 saturated carbocycles. The maximum absolute atomic E-state index is 12.1. The number of hydrogen-bond acceptors (Lipinski definition) is 5. The van der Waals surface area contributed by atoms with E-state index < -0.39 is 0 Å². The first-order valence-corrected chi connectivity index (χ1v) is 7.51. The van der Waals surface area contributed by atoms with Crippen LogP contribution in [0.1, 0.15) is 23.3 Å². The van der Waals surface area contributed by atoms with Crippen molar-refractivity contribution in [3.05, 3.63) is 24.0 Å².